The molecule has 0 unspecified atom stereocenters. The fraction of sp³-hybridized carbons (Fsp3) is 0.250. The van der Waals surface area contributed by atoms with Crippen LogP contribution >= 0.6 is 15.9 Å². The first-order valence-corrected chi connectivity index (χ1v) is 8.89. The van der Waals surface area contributed by atoms with Gasteiger partial charge in [0.05, 0.1) is 30.9 Å². The van der Waals surface area contributed by atoms with Gasteiger partial charge in [-0.25, -0.2) is 0 Å². The largest absolute Gasteiger partial charge is 0.496 e. The van der Waals surface area contributed by atoms with Gasteiger partial charge in [-0.2, -0.15) is 5.10 Å². The highest BCUT2D eigenvalue weighted by molar-refractivity contribution is 9.10. The highest BCUT2D eigenvalue weighted by Gasteiger charge is 2.11. The maximum atomic E-state index is 5.64. The number of nitrogens with one attached hydrogen (secondary N) is 1. The number of hydrogen-bond acceptors (Lipinski definition) is 5. The number of halogens is 1. The lowest BCUT2D eigenvalue weighted by Gasteiger charge is -2.13. The van der Waals surface area contributed by atoms with E-state index in [9.17, 15) is 0 Å². The molecule has 0 aliphatic carbocycles. The van der Waals surface area contributed by atoms with Crippen LogP contribution in [0.25, 0.3) is 0 Å². The first-order valence-electron chi connectivity index (χ1n) is 8.10. The highest BCUT2D eigenvalue weighted by atomic mass is 79.9. The van der Waals surface area contributed by atoms with Crippen LogP contribution in [0.5, 0.6) is 17.2 Å². The third kappa shape index (κ3) is 5.43. The van der Waals surface area contributed by atoms with Gasteiger partial charge < -0.3 is 19.6 Å². The Morgan fingerprint density at radius 2 is 2.04 bits per heavy atom. The summed E-state index contributed by atoms with van der Waals surface area (Å²) in [5.41, 5.74) is 4.91. The molecule has 26 heavy (non-hydrogen) atoms. The van der Waals surface area contributed by atoms with E-state index in [2.05, 4.69) is 32.4 Å². The molecule has 0 aliphatic heterocycles. The first-order chi connectivity index (χ1) is 12.7. The van der Waals surface area contributed by atoms with Crippen molar-refractivity contribution in [2.24, 2.45) is 5.10 Å². The number of ether oxygens (including phenoxy) is 3. The predicted octanol–water partition coefficient (Wildman–Crippen LogP) is 3.99. The van der Waals surface area contributed by atoms with Crippen molar-refractivity contribution < 1.29 is 14.2 Å². The lowest BCUT2D eigenvalue weighted by Crippen LogP contribution is -2.07. The molecule has 0 amide bonds. The van der Waals surface area contributed by atoms with E-state index in [1.807, 2.05) is 43.3 Å². The van der Waals surface area contributed by atoms with E-state index in [0.29, 0.717) is 24.7 Å². The Kier molecular flexibility index (Phi) is 7.84. The van der Waals surface area contributed by atoms with E-state index in [1.54, 1.807) is 13.3 Å². The Morgan fingerprint density at radius 1 is 1.23 bits per heavy atom. The van der Waals surface area contributed by atoms with Gasteiger partial charge in [0.2, 0.25) is 0 Å². The Labute approximate surface area is 162 Å². The van der Waals surface area contributed by atoms with Gasteiger partial charge in [-0.1, -0.05) is 24.1 Å². The van der Waals surface area contributed by atoms with Crippen molar-refractivity contribution in [3.05, 3.63) is 52.0 Å². The van der Waals surface area contributed by atoms with Crippen LogP contribution < -0.4 is 19.6 Å². The van der Waals surface area contributed by atoms with Crippen molar-refractivity contribution in [1.29, 1.82) is 0 Å². The van der Waals surface area contributed by atoms with Gasteiger partial charge in [-0.05, 0) is 46.6 Å². The number of rotatable bonds is 9. The normalized spacial score (nSPS) is 10.4. The van der Waals surface area contributed by atoms with Crippen LogP contribution in [0.15, 0.2) is 46.0 Å². The lowest BCUT2D eigenvalue weighted by molar-refractivity contribution is 0.298. The molecule has 0 saturated carbocycles. The average molecular weight is 417 g/mol. The van der Waals surface area contributed by atoms with Crippen LogP contribution in [0.4, 0.5) is 0 Å². The summed E-state index contributed by atoms with van der Waals surface area (Å²) < 4.78 is 17.3. The zero-order valence-corrected chi connectivity index (χ0v) is 16.4. The zero-order chi connectivity index (χ0) is 18.8. The molecule has 136 valence electrons. The number of hydrazone groups is 1. The molecule has 0 saturated heterocycles. The van der Waals surface area contributed by atoms with Gasteiger partial charge in [0.25, 0.3) is 0 Å². The molecule has 0 heterocycles. The number of hydrogen-bond donors (Lipinski definition) is 1. The second kappa shape index (κ2) is 10.4. The molecule has 0 radical (unpaired) electrons. The molecule has 2 rings (SSSR count). The minimum atomic E-state index is 0.173. The maximum absolute atomic E-state index is 5.64. The van der Waals surface area contributed by atoms with Gasteiger partial charge in [0.15, 0.2) is 11.5 Å². The zero-order valence-electron chi connectivity index (χ0n) is 14.8. The van der Waals surface area contributed by atoms with E-state index in [1.165, 1.54) is 0 Å². The van der Waals surface area contributed by atoms with Crippen molar-refractivity contribution in [2.45, 2.75) is 13.5 Å². The molecular weight excluding hydrogens is 396 g/mol. The summed E-state index contributed by atoms with van der Waals surface area (Å²) in [6.45, 7) is 3.16. The fourth-order valence-corrected chi connectivity index (χ4v) is 2.85. The summed E-state index contributed by atoms with van der Waals surface area (Å²) in [4.78, 5) is 0. The summed E-state index contributed by atoms with van der Waals surface area (Å²) in [6, 6.07) is 11.5. The molecule has 0 bridgehead atoms. The molecule has 2 aromatic carbocycles. The SMILES string of the molecule is C#CCOc1c(Br)cc(/C=N\NCc2ccccc2OC)cc1OCC. The number of benzene rings is 2. The second-order valence-electron chi connectivity index (χ2n) is 5.16. The molecule has 1 N–H and O–H groups in total. The average Bonchev–Trinajstić information content (AvgIpc) is 2.65. The van der Waals surface area contributed by atoms with Crippen molar-refractivity contribution in [3.63, 3.8) is 0 Å². The second-order valence-corrected chi connectivity index (χ2v) is 6.02. The van der Waals surface area contributed by atoms with Crippen LogP contribution in [0.1, 0.15) is 18.1 Å². The number of methoxy groups -OCH3 is 1. The Balaban J connectivity index is 2.08. The highest BCUT2D eigenvalue weighted by Crippen LogP contribution is 2.36. The van der Waals surface area contributed by atoms with Crippen molar-refractivity contribution >= 4 is 22.1 Å². The third-order valence-corrected chi connectivity index (χ3v) is 3.99. The van der Waals surface area contributed by atoms with Gasteiger partial charge >= 0.3 is 0 Å². The molecule has 0 atom stereocenters. The van der Waals surface area contributed by atoms with Crippen molar-refractivity contribution in [1.82, 2.24) is 5.43 Å². The van der Waals surface area contributed by atoms with Crippen LogP contribution in [-0.2, 0) is 6.54 Å². The van der Waals surface area contributed by atoms with Gasteiger partial charge in [0, 0.05) is 5.56 Å². The fourth-order valence-electron chi connectivity index (χ4n) is 2.28. The van der Waals surface area contributed by atoms with Crippen LogP contribution in [0, 0.1) is 12.3 Å². The molecule has 2 aromatic rings. The predicted molar refractivity (Wildman–Crippen MR) is 107 cm³/mol. The van der Waals surface area contributed by atoms with Crippen LogP contribution in [-0.4, -0.2) is 26.5 Å². The number of terminal acetylenes is 1. The lowest BCUT2D eigenvalue weighted by atomic mass is 10.2. The van der Waals surface area contributed by atoms with Gasteiger partial charge in [0.1, 0.15) is 12.4 Å². The Bertz CT molecular complexity index is 800. The monoisotopic (exact) mass is 416 g/mol. The molecule has 0 aromatic heterocycles. The van der Waals surface area contributed by atoms with E-state index in [4.69, 9.17) is 20.6 Å². The number of para-hydroxylation sites is 1. The van der Waals surface area contributed by atoms with Crippen molar-refractivity contribution in [2.75, 3.05) is 20.3 Å². The van der Waals surface area contributed by atoms with E-state index in [0.717, 1.165) is 21.3 Å². The van der Waals surface area contributed by atoms with Gasteiger partial charge in [-0.3, -0.25) is 0 Å². The molecule has 6 heteroatoms. The standard InChI is InChI=1S/C20H21BrN2O3/c1-4-10-26-20-17(21)11-15(12-19(20)25-5-2)13-22-23-14-16-8-6-7-9-18(16)24-3/h1,6-9,11-13,23H,5,10,14H2,2-3H3/b22-13-. The van der Waals surface area contributed by atoms with Gasteiger partial charge in [-0.15, -0.1) is 6.42 Å². The Morgan fingerprint density at radius 3 is 2.77 bits per heavy atom. The third-order valence-electron chi connectivity index (χ3n) is 3.40. The molecule has 5 nitrogen and oxygen atoms in total. The van der Waals surface area contributed by atoms with E-state index in [-0.39, 0.29) is 6.61 Å². The minimum absolute atomic E-state index is 0.173. The topological polar surface area (TPSA) is 52.1 Å². The molecule has 0 fully saturated rings. The quantitative estimate of drug-likeness (QED) is 0.381. The maximum Gasteiger partial charge on any atom is 0.176 e. The molecular formula is C20H21BrN2O3. The smallest absolute Gasteiger partial charge is 0.176 e. The minimum Gasteiger partial charge on any atom is -0.496 e. The van der Waals surface area contributed by atoms with Crippen molar-refractivity contribution in [3.8, 4) is 29.6 Å². The van der Waals surface area contributed by atoms with E-state index >= 15 is 0 Å². The number of nitrogens with zero attached hydrogens (tertiary/aromatic N) is 1. The van der Waals surface area contributed by atoms with E-state index < -0.39 is 0 Å². The summed E-state index contributed by atoms with van der Waals surface area (Å²) in [7, 11) is 1.65. The Hall–Kier alpha value is -2.65. The summed E-state index contributed by atoms with van der Waals surface area (Å²) in [5, 5.41) is 4.27. The molecule has 0 aliphatic rings. The summed E-state index contributed by atoms with van der Waals surface area (Å²) in [6.07, 6.45) is 6.98. The first kappa shape index (κ1) is 19.7. The summed E-state index contributed by atoms with van der Waals surface area (Å²) in [5.74, 6) is 4.48. The molecule has 0 spiro atoms. The van der Waals surface area contributed by atoms with Crippen LogP contribution in [0.2, 0.25) is 0 Å². The summed E-state index contributed by atoms with van der Waals surface area (Å²) >= 11 is 3.49. The van der Waals surface area contributed by atoms with Crippen LogP contribution in [0.3, 0.4) is 0 Å².